The summed E-state index contributed by atoms with van der Waals surface area (Å²) in [5, 5.41) is 4.02. The number of hydrogen-bond acceptors (Lipinski definition) is 5. The maximum atomic E-state index is 5.99. The molecule has 21 heavy (non-hydrogen) atoms. The van der Waals surface area contributed by atoms with Crippen LogP contribution in [0.5, 0.6) is 0 Å². The molecule has 4 heterocycles. The molecule has 0 N–H and O–H groups in total. The average Bonchev–Trinajstić information content (AvgIpc) is 3.17. The Bertz CT molecular complexity index is 598. The summed E-state index contributed by atoms with van der Waals surface area (Å²) in [6.45, 7) is 3.56. The van der Waals surface area contributed by atoms with Crippen molar-refractivity contribution < 1.29 is 13.7 Å². The van der Waals surface area contributed by atoms with Gasteiger partial charge in [-0.15, -0.1) is 0 Å². The quantitative estimate of drug-likeness (QED) is 0.868. The smallest absolute Gasteiger partial charge is 0.133 e. The van der Waals surface area contributed by atoms with Crippen LogP contribution in [0.2, 0.25) is 0 Å². The van der Waals surface area contributed by atoms with Crippen LogP contribution >= 0.6 is 0 Å². The standard InChI is InChI=1S/C16H20N2O3/c1-2-8-19-15(3-1)16-5-4-13(21-16)10-18-7-6-14-12(9-18)11-20-17-14/h4-5,11,15H,1-3,6-10H2. The lowest BCUT2D eigenvalue weighted by Gasteiger charge is -2.24. The van der Waals surface area contributed by atoms with Crippen molar-refractivity contribution in [2.75, 3.05) is 13.2 Å². The van der Waals surface area contributed by atoms with Gasteiger partial charge in [0.1, 0.15) is 23.9 Å². The second-order valence-electron chi connectivity index (χ2n) is 5.91. The lowest BCUT2D eigenvalue weighted by Crippen LogP contribution is -2.29. The van der Waals surface area contributed by atoms with Crippen LogP contribution in [0.3, 0.4) is 0 Å². The highest BCUT2D eigenvalue weighted by molar-refractivity contribution is 5.18. The van der Waals surface area contributed by atoms with Gasteiger partial charge in [-0.1, -0.05) is 5.16 Å². The molecule has 5 nitrogen and oxygen atoms in total. The molecule has 1 atom stereocenters. The van der Waals surface area contributed by atoms with E-state index in [0.717, 1.165) is 56.3 Å². The molecule has 0 spiro atoms. The minimum atomic E-state index is 0.151. The summed E-state index contributed by atoms with van der Waals surface area (Å²) in [5.74, 6) is 1.99. The minimum absolute atomic E-state index is 0.151. The molecule has 5 heteroatoms. The van der Waals surface area contributed by atoms with Crippen molar-refractivity contribution in [1.29, 1.82) is 0 Å². The molecule has 112 valence electrons. The highest BCUT2D eigenvalue weighted by Gasteiger charge is 2.22. The first-order valence-electron chi connectivity index (χ1n) is 7.73. The molecule has 2 aliphatic rings. The third-order valence-corrected chi connectivity index (χ3v) is 4.35. The van der Waals surface area contributed by atoms with Crippen molar-refractivity contribution in [1.82, 2.24) is 10.1 Å². The van der Waals surface area contributed by atoms with E-state index in [1.165, 1.54) is 18.4 Å². The van der Waals surface area contributed by atoms with Crippen molar-refractivity contribution in [3.63, 3.8) is 0 Å². The van der Waals surface area contributed by atoms with E-state index in [0.29, 0.717) is 0 Å². The number of ether oxygens (including phenoxy) is 1. The van der Waals surface area contributed by atoms with E-state index in [1.807, 2.05) is 0 Å². The molecule has 1 saturated heterocycles. The summed E-state index contributed by atoms with van der Waals surface area (Å²) in [7, 11) is 0. The third kappa shape index (κ3) is 2.76. The maximum Gasteiger partial charge on any atom is 0.133 e. The second kappa shape index (κ2) is 5.66. The van der Waals surface area contributed by atoms with Gasteiger partial charge in [-0.25, -0.2) is 0 Å². The van der Waals surface area contributed by atoms with Crippen molar-refractivity contribution in [3.05, 3.63) is 41.2 Å². The molecular weight excluding hydrogens is 268 g/mol. The molecule has 2 aliphatic heterocycles. The molecule has 2 aromatic rings. The topological polar surface area (TPSA) is 51.6 Å². The van der Waals surface area contributed by atoms with E-state index in [4.69, 9.17) is 13.7 Å². The highest BCUT2D eigenvalue weighted by Crippen LogP contribution is 2.29. The van der Waals surface area contributed by atoms with E-state index in [1.54, 1.807) is 6.26 Å². The normalized spacial score (nSPS) is 23.1. The Hall–Kier alpha value is -1.59. The molecule has 1 fully saturated rings. The molecule has 0 aliphatic carbocycles. The highest BCUT2D eigenvalue weighted by atomic mass is 16.5. The fraction of sp³-hybridized carbons (Fsp3) is 0.562. The van der Waals surface area contributed by atoms with E-state index in [-0.39, 0.29) is 6.10 Å². The van der Waals surface area contributed by atoms with Gasteiger partial charge in [0.2, 0.25) is 0 Å². The Morgan fingerprint density at radius 2 is 2.29 bits per heavy atom. The summed E-state index contributed by atoms with van der Waals surface area (Å²) in [6, 6.07) is 4.15. The summed E-state index contributed by atoms with van der Waals surface area (Å²) < 4.78 is 16.8. The van der Waals surface area contributed by atoms with Gasteiger partial charge in [0.15, 0.2) is 0 Å². The first-order valence-corrected chi connectivity index (χ1v) is 7.73. The van der Waals surface area contributed by atoms with Crippen molar-refractivity contribution >= 4 is 0 Å². The molecule has 0 amide bonds. The lowest BCUT2D eigenvalue weighted by atomic mass is 10.1. The van der Waals surface area contributed by atoms with Crippen LogP contribution in [-0.2, 0) is 24.2 Å². The van der Waals surface area contributed by atoms with Crippen LogP contribution in [0.4, 0.5) is 0 Å². The number of nitrogens with zero attached hydrogens (tertiary/aromatic N) is 2. The monoisotopic (exact) mass is 288 g/mol. The zero-order valence-corrected chi connectivity index (χ0v) is 12.1. The van der Waals surface area contributed by atoms with E-state index in [2.05, 4.69) is 22.2 Å². The van der Waals surface area contributed by atoms with E-state index < -0.39 is 0 Å². The van der Waals surface area contributed by atoms with E-state index >= 15 is 0 Å². The van der Waals surface area contributed by atoms with Gasteiger partial charge in [-0.05, 0) is 31.4 Å². The number of hydrogen-bond donors (Lipinski definition) is 0. The molecule has 0 saturated carbocycles. The van der Waals surface area contributed by atoms with Crippen LogP contribution in [0.15, 0.2) is 27.3 Å². The van der Waals surface area contributed by atoms with Crippen molar-refractivity contribution in [2.24, 2.45) is 0 Å². The fourth-order valence-electron chi connectivity index (χ4n) is 3.17. The van der Waals surface area contributed by atoms with Gasteiger partial charge in [0, 0.05) is 31.7 Å². The SMILES string of the molecule is c1cc(C2CCCCO2)oc1CN1CCc2nocc2C1. The number of rotatable bonds is 3. The van der Waals surface area contributed by atoms with Gasteiger partial charge in [0.05, 0.1) is 12.2 Å². The minimum Gasteiger partial charge on any atom is -0.462 e. The molecule has 4 rings (SSSR count). The average molecular weight is 288 g/mol. The lowest BCUT2D eigenvalue weighted by molar-refractivity contribution is 0.000799. The van der Waals surface area contributed by atoms with Crippen LogP contribution in [0.1, 0.15) is 48.1 Å². The van der Waals surface area contributed by atoms with E-state index in [9.17, 15) is 0 Å². The van der Waals surface area contributed by atoms with Gasteiger partial charge in [-0.2, -0.15) is 0 Å². The molecular formula is C16H20N2O3. The number of furan rings is 1. The van der Waals surface area contributed by atoms with Gasteiger partial charge >= 0.3 is 0 Å². The summed E-state index contributed by atoms with van der Waals surface area (Å²) in [4.78, 5) is 2.36. The summed E-state index contributed by atoms with van der Waals surface area (Å²) in [6.07, 6.45) is 6.32. The Morgan fingerprint density at radius 3 is 3.19 bits per heavy atom. The van der Waals surface area contributed by atoms with Crippen LogP contribution in [0.25, 0.3) is 0 Å². The van der Waals surface area contributed by atoms with Gasteiger partial charge in [0.25, 0.3) is 0 Å². The Morgan fingerprint density at radius 1 is 1.29 bits per heavy atom. The Labute approximate surface area is 123 Å². The Balaban J connectivity index is 1.40. The molecule has 2 aromatic heterocycles. The zero-order chi connectivity index (χ0) is 14.1. The summed E-state index contributed by atoms with van der Waals surface area (Å²) >= 11 is 0. The van der Waals surface area contributed by atoms with Crippen LogP contribution in [0, 0.1) is 0 Å². The zero-order valence-electron chi connectivity index (χ0n) is 12.1. The number of fused-ring (bicyclic) bond motifs is 1. The first kappa shape index (κ1) is 13.1. The maximum absolute atomic E-state index is 5.99. The van der Waals surface area contributed by atoms with Crippen molar-refractivity contribution in [2.45, 2.75) is 44.9 Å². The second-order valence-corrected chi connectivity index (χ2v) is 5.91. The summed E-state index contributed by atoms with van der Waals surface area (Å²) in [5.41, 5.74) is 2.30. The van der Waals surface area contributed by atoms with Gasteiger partial charge < -0.3 is 13.7 Å². The fourth-order valence-corrected chi connectivity index (χ4v) is 3.17. The predicted octanol–water partition coefficient (Wildman–Crippen LogP) is 3.07. The van der Waals surface area contributed by atoms with Gasteiger partial charge in [-0.3, -0.25) is 4.90 Å². The predicted molar refractivity (Wildman–Crippen MR) is 75.6 cm³/mol. The number of aromatic nitrogens is 1. The Kier molecular flexibility index (Phi) is 3.53. The third-order valence-electron chi connectivity index (χ3n) is 4.35. The molecule has 0 bridgehead atoms. The first-order chi connectivity index (χ1) is 10.4. The molecule has 0 aromatic carbocycles. The van der Waals surface area contributed by atoms with Crippen LogP contribution < -0.4 is 0 Å². The molecule has 0 radical (unpaired) electrons. The van der Waals surface area contributed by atoms with Crippen molar-refractivity contribution in [3.8, 4) is 0 Å². The largest absolute Gasteiger partial charge is 0.462 e. The molecule has 1 unspecified atom stereocenters. The van der Waals surface area contributed by atoms with Crippen LogP contribution in [-0.4, -0.2) is 23.2 Å².